The maximum Gasteiger partial charge on any atom is 0.0548 e. The van der Waals surface area contributed by atoms with Gasteiger partial charge in [-0.3, -0.25) is 0 Å². The molecule has 0 atom stereocenters. The molecule has 0 aliphatic carbocycles. The number of para-hydroxylation sites is 2. The Morgan fingerprint density at radius 1 is 0.250 bits per heavy atom. The van der Waals surface area contributed by atoms with Crippen molar-refractivity contribution in [3.63, 3.8) is 0 Å². The highest BCUT2D eigenvalue weighted by molar-refractivity contribution is 6.29. The second-order valence-corrected chi connectivity index (χ2v) is 13.8. The van der Waals surface area contributed by atoms with Crippen LogP contribution in [0.1, 0.15) is 0 Å². The number of rotatable bonds is 4. The van der Waals surface area contributed by atoms with Crippen LogP contribution in [0.15, 0.2) is 194 Å². The number of hydrogen-bond donors (Lipinski definition) is 0. The quantitative estimate of drug-likeness (QED) is 0.178. The highest BCUT2D eigenvalue weighted by Gasteiger charge is 2.20. The van der Waals surface area contributed by atoms with Gasteiger partial charge in [-0.25, -0.2) is 0 Å². The largest absolute Gasteiger partial charge is 0.309 e. The number of fused-ring (bicyclic) bond motifs is 9. The van der Waals surface area contributed by atoms with Crippen LogP contribution < -0.4 is 0 Å². The molecular weight excluding hydrogens is 629 g/mol. The zero-order chi connectivity index (χ0) is 34.2. The predicted octanol–water partition coefficient (Wildman–Crippen LogP) is 13.5. The maximum absolute atomic E-state index is 2.45. The van der Waals surface area contributed by atoms with Crippen LogP contribution in [0.4, 0.5) is 0 Å². The molecule has 0 saturated carbocycles. The Labute approximate surface area is 301 Å². The lowest BCUT2D eigenvalue weighted by molar-refractivity contribution is 1.18. The van der Waals surface area contributed by atoms with Gasteiger partial charge in [0.1, 0.15) is 0 Å². The van der Waals surface area contributed by atoms with Crippen molar-refractivity contribution >= 4 is 65.2 Å². The molecule has 0 N–H and O–H groups in total. The lowest BCUT2D eigenvalue weighted by atomic mass is 10.0. The van der Waals surface area contributed by atoms with Crippen molar-refractivity contribution in [1.29, 1.82) is 0 Å². The van der Waals surface area contributed by atoms with Crippen molar-refractivity contribution in [2.75, 3.05) is 0 Å². The van der Waals surface area contributed by atoms with Crippen molar-refractivity contribution in [3.8, 4) is 33.6 Å². The zero-order valence-electron chi connectivity index (χ0n) is 28.4. The Balaban J connectivity index is 1.13. The molecule has 242 valence electrons. The first-order valence-electron chi connectivity index (χ1n) is 17.9. The van der Waals surface area contributed by atoms with Crippen LogP contribution in [0.3, 0.4) is 0 Å². The van der Waals surface area contributed by atoms with Crippen molar-refractivity contribution in [2.24, 2.45) is 0 Å². The maximum atomic E-state index is 2.45. The second-order valence-electron chi connectivity index (χ2n) is 13.8. The minimum Gasteiger partial charge on any atom is -0.309 e. The summed E-state index contributed by atoms with van der Waals surface area (Å²) in [5.74, 6) is 0. The van der Waals surface area contributed by atoms with Gasteiger partial charge in [-0.15, -0.1) is 0 Å². The molecule has 0 saturated heterocycles. The third kappa shape index (κ3) is 4.38. The molecule has 11 aromatic rings. The third-order valence-electron chi connectivity index (χ3n) is 10.9. The third-order valence-corrected chi connectivity index (χ3v) is 10.9. The van der Waals surface area contributed by atoms with E-state index in [-0.39, 0.29) is 0 Å². The van der Waals surface area contributed by atoms with Gasteiger partial charge in [-0.1, -0.05) is 133 Å². The minimum absolute atomic E-state index is 1.16. The van der Waals surface area contributed by atoms with E-state index in [1.165, 1.54) is 87.4 Å². The molecule has 0 amide bonds. The van der Waals surface area contributed by atoms with Gasteiger partial charge in [0.05, 0.1) is 22.1 Å². The molecule has 2 heterocycles. The normalized spacial score (nSPS) is 11.8. The topological polar surface area (TPSA) is 9.86 Å². The van der Waals surface area contributed by atoms with Gasteiger partial charge >= 0.3 is 0 Å². The highest BCUT2D eigenvalue weighted by atomic mass is 15.0. The molecule has 0 aliphatic heterocycles. The Morgan fingerprint density at radius 2 is 0.673 bits per heavy atom. The van der Waals surface area contributed by atoms with Crippen LogP contribution in [0.25, 0.3) is 98.8 Å². The molecule has 0 bridgehead atoms. The predicted molar refractivity (Wildman–Crippen MR) is 221 cm³/mol. The van der Waals surface area contributed by atoms with E-state index < -0.39 is 0 Å². The van der Waals surface area contributed by atoms with Crippen LogP contribution in [-0.2, 0) is 0 Å². The zero-order valence-corrected chi connectivity index (χ0v) is 28.4. The standard InChI is InChI=1S/C50H32N2/c1-3-11-33(12-4-1)36-21-22-39-31-41(26-24-38(39)29-36)51-45-17-9-7-15-43(45)49-47(51)27-28-48-50(49)44-16-8-10-18-46(44)52(48)42-25-23-35-19-20-37(30-40(35)32-42)34-13-5-2-6-14-34/h1-32H. The lowest BCUT2D eigenvalue weighted by Gasteiger charge is -2.12. The molecule has 9 aromatic carbocycles. The van der Waals surface area contributed by atoms with Gasteiger partial charge in [-0.05, 0) is 104 Å². The first-order valence-corrected chi connectivity index (χ1v) is 17.9. The molecule has 2 aromatic heterocycles. The average molecular weight is 661 g/mol. The first kappa shape index (κ1) is 28.9. The van der Waals surface area contributed by atoms with Crippen molar-refractivity contribution in [3.05, 3.63) is 194 Å². The van der Waals surface area contributed by atoms with Gasteiger partial charge < -0.3 is 9.13 Å². The second kappa shape index (κ2) is 11.3. The molecule has 11 rings (SSSR count). The van der Waals surface area contributed by atoms with Crippen LogP contribution in [0, 0.1) is 0 Å². The summed E-state index contributed by atoms with van der Waals surface area (Å²) in [6, 6.07) is 71.0. The van der Waals surface area contributed by atoms with E-state index in [2.05, 4.69) is 203 Å². The van der Waals surface area contributed by atoms with E-state index in [4.69, 9.17) is 0 Å². The van der Waals surface area contributed by atoms with Gasteiger partial charge in [0.25, 0.3) is 0 Å². The Morgan fingerprint density at radius 3 is 1.25 bits per heavy atom. The summed E-state index contributed by atoms with van der Waals surface area (Å²) in [5.41, 5.74) is 12.1. The summed E-state index contributed by atoms with van der Waals surface area (Å²) in [4.78, 5) is 0. The first-order chi connectivity index (χ1) is 25.8. The summed E-state index contributed by atoms with van der Waals surface area (Å²) >= 11 is 0. The summed E-state index contributed by atoms with van der Waals surface area (Å²) in [6.45, 7) is 0. The SMILES string of the molecule is c1ccc(-c2ccc3cc(-n4c5ccccc5c5c6c7ccccc7n(-c7ccc8ccc(-c9ccccc9)cc8c7)c6ccc54)ccc3c2)cc1. The number of nitrogens with zero attached hydrogens (tertiary/aromatic N) is 2. The van der Waals surface area contributed by atoms with Crippen LogP contribution >= 0.6 is 0 Å². The molecule has 2 nitrogen and oxygen atoms in total. The van der Waals surface area contributed by atoms with Crippen molar-refractivity contribution < 1.29 is 0 Å². The molecule has 2 heteroatoms. The van der Waals surface area contributed by atoms with Crippen LogP contribution in [-0.4, -0.2) is 9.13 Å². The Kier molecular flexibility index (Phi) is 6.28. The molecule has 52 heavy (non-hydrogen) atoms. The van der Waals surface area contributed by atoms with Crippen molar-refractivity contribution in [1.82, 2.24) is 9.13 Å². The van der Waals surface area contributed by atoms with Gasteiger partial charge in [0, 0.05) is 32.9 Å². The molecule has 0 radical (unpaired) electrons. The number of aromatic nitrogens is 2. The smallest absolute Gasteiger partial charge is 0.0548 e. The summed E-state index contributed by atoms with van der Waals surface area (Å²) in [5, 5.41) is 10.0. The number of benzene rings is 9. The molecule has 0 unspecified atom stereocenters. The number of hydrogen-bond acceptors (Lipinski definition) is 0. The van der Waals surface area contributed by atoms with Gasteiger partial charge in [0.15, 0.2) is 0 Å². The van der Waals surface area contributed by atoms with E-state index in [0.717, 1.165) is 11.4 Å². The van der Waals surface area contributed by atoms with E-state index in [9.17, 15) is 0 Å². The summed E-state index contributed by atoms with van der Waals surface area (Å²) in [6.07, 6.45) is 0. The Bertz CT molecular complexity index is 3160. The fourth-order valence-electron chi connectivity index (χ4n) is 8.44. The van der Waals surface area contributed by atoms with Gasteiger partial charge in [-0.2, -0.15) is 0 Å². The molecular formula is C50H32N2. The fourth-order valence-corrected chi connectivity index (χ4v) is 8.44. The molecule has 0 spiro atoms. The van der Waals surface area contributed by atoms with E-state index >= 15 is 0 Å². The van der Waals surface area contributed by atoms with Crippen LogP contribution in [0.5, 0.6) is 0 Å². The van der Waals surface area contributed by atoms with E-state index in [0.29, 0.717) is 0 Å². The van der Waals surface area contributed by atoms with E-state index in [1.54, 1.807) is 0 Å². The lowest BCUT2D eigenvalue weighted by Crippen LogP contribution is -1.95. The highest BCUT2D eigenvalue weighted by Crippen LogP contribution is 2.43. The van der Waals surface area contributed by atoms with Gasteiger partial charge in [0.2, 0.25) is 0 Å². The molecule has 0 aliphatic rings. The molecule has 0 fully saturated rings. The van der Waals surface area contributed by atoms with Crippen molar-refractivity contribution in [2.45, 2.75) is 0 Å². The Hall–Kier alpha value is -6.90. The monoisotopic (exact) mass is 660 g/mol. The fraction of sp³-hybridized carbons (Fsp3) is 0. The average Bonchev–Trinajstić information content (AvgIpc) is 3.73. The van der Waals surface area contributed by atoms with E-state index in [1.807, 2.05) is 0 Å². The minimum atomic E-state index is 1.16. The van der Waals surface area contributed by atoms with Crippen LogP contribution in [0.2, 0.25) is 0 Å². The summed E-state index contributed by atoms with van der Waals surface area (Å²) < 4.78 is 4.90. The summed E-state index contributed by atoms with van der Waals surface area (Å²) in [7, 11) is 0.